The second kappa shape index (κ2) is 5.49. The van der Waals surface area contributed by atoms with Crippen molar-refractivity contribution < 1.29 is 24.1 Å². The van der Waals surface area contributed by atoms with Crippen LogP contribution in [0.25, 0.3) is 0 Å². The number of nitrogens with one attached hydrogen (secondary N) is 1. The number of hydrogen-bond donors (Lipinski definition) is 2. The van der Waals surface area contributed by atoms with Crippen LogP contribution in [0.2, 0.25) is 0 Å². The molecule has 0 spiro atoms. The molecule has 0 radical (unpaired) electrons. The molecule has 0 bridgehead atoms. The van der Waals surface area contributed by atoms with Crippen LogP contribution < -0.4 is 14.8 Å². The number of methoxy groups -OCH3 is 2. The lowest BCUT2D eigenvalue weighted by molar-refractivity contribution is -0.148. The first kappa shape index (κ1) is 14.3. The Morgan fingerprint density at radius 3 is 2.55 bits per heavy atom. The summed E-state index contributed by atoms with van der Waals surface area (Å²) in [5.41, 5.74) is -1.03. The Kier molecular flexibility index (Phi) is 3.93. The standard InChI is InChI=1S/C12H17N3O5/c1-12(10(16)17)6-20-5-7(12)13-11-14-8(18-2)4-9(15-11)19-3/h4,7H,5-6H2,1-3H3,(H,16,17)(H,13,14,15). The van der Waals surface area contributed by atoms with Gasteiger partial charge < -0.3 is 24.6 Å². The Labute approximate surface area is 116 Å². The van der Waals surface area contributed by atoms with Gasteiger partial charge in [0.15, 0.2) is 0 Å². The molecule has 0 saturated carbocycles. The minimum absolute atomic E-state index is 0.140. The molecule has 1 aromatic rings. The van der Waals surface area contributed by atoms with E-state index in [1.165, 1.54) is 20.3 Å². The highest BCUT2D eigenvalue weighted by Crippen LogP contribution is 2.31. The molecule has 0 aromatic carbocycles. The summed E-state index contributed by atoms with van der Waals surface area (Å²) in [5, 5.41) is 12.3. The van der Waals surface area contributed by atoms with E-state index in [1.54, 1.807) is 6.92 Å². The quantitative estimate of drug-likeness (QED) is 0.800. The van der Waals surface area contributed by atoms with Gasteiger partial charge in [0.2, 0.25) is 17.7 Å². The molecule has 1 aliphatic heterocycles. The van der Waals surface area contributed by atoms with Crippen molar-refractivity contribution in [2.24, 2.45) is 5.41 Å². The summed E-state index contributed by atoms with van der Waals surface area (Å²) < 4.78 is 15.3. The molecule has 1 saturated heterocycles. The van der Waals surface area contributed by atoms with Gasteiger partial charge in [0.25, 0.3) is 0 Å². The monoisotopic (exact) mass is 283 g/mol. The number of rotatable bonds is 5. The number of carbonyl (C=O) groups is 1. The number of anilines is 1. The molecule has 2 heterocycles. The number of carboxylic acid groups (broad SMARTS) is 1. The molecule has 1 fully saturated rings. The van der Waals surface area contributed by atoms with Crippen molar-refractivity contribution in [2.45, 2.75) is 13.0 Å². The summed E-state index contributed by atoms with van der Waals surface area (Å²) in [7, 11) is 2.96. The third kappa shape index (κ3) is 2.60. The predicted octanol–water partition coefficient (Wildman–Crippen LogP) is 0.395. The Bertz CT molecular complexity index is 488. The predicted molar refractivity (Wildman–Crippen MR) is 69.1 cm³/mol. The van der Waals surface area contributed by atoms with Gasteiger partial charge in [-0.15, -0.1) is 0 Å². The zero-order valence-corrected chi connectivity index (χ0v) is 11.5. The van der Waals surface area contributed by atoms with Crippen molar-refractivity contribution in [3.8, 4) is 11.8 Å². The van der Waals surface area contributed by atoms with Crippen molar-refractivity contribution >= 4 is 11.9 Å². The fourth-order valence-electron chi connectivity index (χ4n) is 1.92. The number of carboxylic acids is 1. The molecule has 0 amide bonds. The van der Waals surface area contributed by atoms with Gasteiger partial charge in [0.05, 0.1) is 39.5 Å². The number of ether oxygens (including phenoxy) is 3. The van der Waals surface area contributed by atoms with E-state index in [1.807, 2.05) is 0 Å². The van der Waals surface area contributed by atoms with Gasteiger partial charge in [-0.3, -0.25) is 4.79 Å². The van der Waals surface area contributed by atoms with Gasteiger partial charge in [-0.25, -0.2) is 0 Å². The lowest BCUT2D eigenvalue weighted by atomic mass is 9.85. The average Bonchev–Trinajstić information content (AvgIpc) is 2.81. The van der Waals surface area contributed by atoms with Gasteiger partial charge in [0.1, 0.15) is 5.41 Å². The van der Waals surface area contributed by atoms with Crippen molar-refractivity contribution in [3.05, 3.63) is 6.07 Å². The van der Waals surface area contributed by atoms with E-state index in [0.717, 1.165) is 0 Å². The zero-order valence-electron chi connectivity index (χ0n) is 11.5. The molecular weight excluding hydrogens is 266 g/mol. The van der Waals surface area contributed by atoms with Crippen LogP contribution in [0.4, 0.5) is 5.95 Å². The first-order chi connectivity index (χ1) is 9.49. The van der Waals surface area contributed by atoms with Crippen molar-refractivity contribution in [2.75, 3.05) is 32.8 Å². The second-order valence-electron chi connectivity index (χ2n) is 4.71. The third-order valence-electron chi connectivity index (χ3n) is 3.34. The first-order valence-electron chi connectivity index (χ1n) is 6.04. The van der Waals surface area contributed by atoms with Gasteiger partial charge in [-0.05, 0) is 6.92 Å². The molecule has 2 atom stereocenters. The lowest BCUT2D eigenvalue weighted by Crippen LogP contribution is -2.43. The number of aromatic nitrogens is 2. The van der Waals surface area contributed by atoms with Crippen LogP contribution >= 0.6 is 0 Å². The van der Waals surface area contributed by atoms with Crippen molar-refractivity contribution in [3.63, 3.8) is 0 Å². The summed E-state index contributed by atoms with van der Waals surface area (Å²) in [4.78, 5) is 19.6. The van der Waals surface area contributed by atoms with Crippen LogP contribution in [-0.2, 0) is 9.53 Å². The Hall–Kier alpha value is -2.09. The zero-order chi connectivity index (χ0) is 14.8. The fourth-order valence-corrected chi connectivity index (χ4v) is 1.92. The van der Waals surface area contributed by atoms with Crippen molar-refractivity contribution in [1.82, 2.24) is 9.97 Å². The van der Waals surface area contributed by atoms with E-state index < -0.39 is 17.4 Å². The first-order valence-corrected chi connectivity index (χ1v) is 6.04. The Morgan fingerprint density at radius 2 is 2.05 bits per heavy atom. The maximum atomic E-state index is 11.4. The second-order valence-corrected chi connectivity index (χ2v) is 4.71. The minimum Gasteiger partial charge on any atom is -0.481 e. The van der Waals surface area contributed by atoms with E-state index in [9.17, 15) is 9.90 Å². The van der Waals surface area contributed by atoms with Crippen molar-refractivity contribution in [1.29, 1.82) is 0 Å². The highest BCUT2D eigenvalue weighted by Gasteiger charge is 2.47. The summed E-state index contributed by atoms with van der Waals surface area (Å²) in [5.74, 6) is -0.0304. The number of aliphatic carboxylic acids is 1. The smallest absolute Gasteiger partial charge is 0.313 e. The summed E-state index contributed by atoms with van der Waals surface area (Å²) in [6.45, 7) is 2.03. The fraction of sp³-hybridized carbons (Fsp3) is 0.583. The molecule has 110 valence electrons. The minimum atomic E-state index is -1.03. The summed E-state index contributed by atoms with van der Waals surface area (Å²) in [6, 6.07) is 1.10. The number of nitrogens with zero attached hydrogens (tertiary/aromatic N) is 2. The SMILES string of the molecule is COc1cc(OC)nc(NC2COCC2(C)C(=O)O)n1. The van der Waals surface area contributed by atoms with E-state index >= 15 is 0 Å². The molecule has 2 N–H and O–H groups in total. The maximum Gasteiger partial charge on any atom is 0.313 e. The largest absolute Gasteiger partial charge is 0.481 e. The Morgan fingerprint density at radius 1 is 1.45 bits per heavy atom. The Balaban J connectivity index is 2.23. The van der Waals surface area contributed by atoms with Crippen LogP contribution in [0.5, 0.6) is 11.8 Å². The molecule has 1 aliphatic rings. The van der Waals surface area contributed by atoms with Gasteiger partial charge in [-0.2, -0.15) is 9.97 Å². The molecule has 2 unspecified atom stereocenters. The normalized spacial score (nSPS) is 25.2. The van der Waals surface area contributed by atoms with Crippen LogP contribution in [0.1, 0.15) is 6.92 Å². The van der Waals surface area contributed by atoms with Crippen LogP contribution in [-0.4, -0.2) is 54.5 Å². The molecule has 2 rings (SSSR count). The van der Waals surface area contributed by atoms with E-state index in [-0.39, 0.29) is 19.2 Å². The van der Waals surface area contributed by atoms with Crippen LogP contribution in [0.3, 0.4) is 0 Å². The highest BCUT2D eigenvalue weighted by molar-refractivity contribution is 5.76. The molecule has 8 nitrogen and oxygen atoms in total. The van der Waals surface area contributed by atoms with E-state index in [0.29, 0.717) is 11.8 Å². The van der Waals surface area contributed by atoms with Gasteiger partial charge in [0, 0.05) is 0 Å². The molecule has 20 heavy (non-hydrogen) atoms. The average molecular weight is 283 g/mol. The number of hydrogen-bond acceptors (Lipinski definition) is 7. The summed E-state index contributed by atoms with van der Waals surface area (Å²) in [6.07, 6.45) is 0. The summed E-state index contributed by atoms with van der Waals surface area (Å²) >= 11 is 0. The molecule has 8 heteroatoms. The van der Waals surface area contributed by atoms with E-state index in [4.69, 9.17) is 14.2 Å². The maximum absolute atomic E-state index is 11.4. The van der Waals surface area contributed by atoms with Gasteiger partial charge >= 0.3 is 5.97 Å². The molecular formula is C12H17N3O5. The molecule has 1 aromatic heterocycles. The van der Waals surface area contributed by atoms with Crippen LogP contribution in [0.15, 0.2) is 6.07 Å². The highest BCUT2D eigenvalue weighted by atomic mass is 16.5. The topological polar surface area (TPSA) is 103 Å². The van der Waals surface area contributed by atoms with E-state index in [2.05, 4.69) is 15.3 Å². The van der Waals surface area contributed by atoms with Crippen LogP contribution in [0, 0.1) is 5.41 Å². The van der Waals surface area contributed by atoms with Gasteiger partial charge in [-0.1, -0.05) is 0 Å². The lowest BCUT2D eigenvalue weighted by Gasteiger charge is -2.25. The molecule has 0 aliphatic carbocycles. The third-order valence-corrected chi connectivity index (χ3v) is 3.34.